The number of amides is 3. The second-order valence-corrected chi connectivity index (χ2v) is 10.3. The van der Waals surface area contributed by atoms with Gasteiger partial charge in [-0.1, -0.05) is 58.7 Å². The molecule has 0 saturated carbocycles. The molecule has 0 radical (unpaired) electrons. The summed E-state index contributed by atoms with van der Waals surface area (Å²) in [7, 11) is 0. The molecule has 1 aliphatic heterocycles. The lowest BCUT2D eigenvalue weighted by atomic mass is 10.0. The van der Waals surface area contributed by atoms with E-state index in [-0.39, 0.29) is 30.6 Å². The van der Waals surface area contributed by atoms with Crippen LogP contribution in [-0.2, 0) is 20.8 Å². The summed E-state index contributed by atoms with van der Waals surface area (Å²) in [5, 5.41) is 15.4. The summed E-state index contributed by atoms with van der Waals surface area (Å²) in [5.74, 6) is -1.19. The lowest BCUT2D eigenvalue weighted by Gasteiger charge is -2.38. The van der Waals surface area contributed by atoms with Crippen LogP contribution in [0.15, 0.2) is 85.3 Å². The molecule has 3 aromatic heterocycles. The summed E-state index contributed by atoms with van der Waals surface area (Å²) < 4.78 is 3.08. The summed E-state index contributed by atoms with van der Waals surface area (Å²) in [6.45, 7) is -0.607. The first-order chi connectivity index (χ1) is 19.9. The second kappa shape index (κ2) is 11.0. The Bertz CT molecular complexity index is 1770. The van der Waals surface area contributed by atoms with Crippen LogP contribution >= 0.6 is 23.2 Å². The zero-order valence-corrected chi connectivity index (χ0v) is 22.9. The molecule has 0 bridgehead atoms. The molecule has 11 nitrogen and oxygen atoms in total. The van der Waals surface area contributed by atoms with E-state index in [4.69, 9.17) is 23.2 Å². The minimum atomic E-state index is -0.940. The molecule has 0 spiro atoms. The van der Waals surface area contributed by atoms with Crippen LogP contribution in [0.4, 0.5) is 11.4 Å². The highest BCUT2D eigenvalue weighted by molar-refractivity contribution is 6.31. The number of carbonyl (C=O) groups excluding carboxylic acids is 3. The van der Waals surface area contributed by atoms with E-state index in [1.165, 1.54) is 20.7 Å². The monoisotopic (exact) mass is 588 g/mol. The smallest absolute Gasteiger partial charge is 0.247 e. The van der Waals surface area contributed by atoms with Gasteiger partial charge < -0.3 is 10.2 Å². The number of fused-ring (bicyclic) bond motifs is 1. The van der Waals surface area contributed by atoms with Crippen LogP contribution < -0.4 is 10.2 Å². The number of hydrogen-bond acceptors (Lipinski definition) is 6. The number of nitrogens with zero attached hydrogens (tertiary/aromatic N) is 7. The molecule has 3 amide bonds. The Labute approximate surface area is 243 Å². The molecule has 1 unspecified atom stereocenters. The minimum Gasteiger partial charge on any atom is -0.324 e. The SMILES string of the molecule is O=C(Nc1ccn2nccc2c1)C(Cc1ccccc1)N1CC(=O)N(c2cc(Cl)ccc2-n2cc(Cl)nn2)CC1=O. The molecule has 1 aliphatic rings. The number of halogens is 2. The van der Waals surface area contributed by atoms with Crippen molar-refractivity contribution in [1.82, 2.24) is 29.5 Å². The second-order valence-electron chi connectivity index (χ2n) is 9.43. The topological polar surface area (TPSA) is 118 Å². The molecular formula is C28H22Cl2N8O3. The Kier molecular flexibility index (Phi) is 7.12. The highest BCUT2D eigenvalue weighted by Gasteiger charge is 2.39. The largest absolute Gasteiger partial charge is 0.324 e. The number of hydrogen-bond donors (Lipinski definition) is 1. The number of anilines is 2. The molecular weight excluding hydrogens is 567 g/mol. The van der Waals surface area contributed by atoms with E-state index in [0.717, 1.165) is 11.1 Å². The van der Waals surface area contributed by atoms with E-state index < -0.39 is 17.9 Å². The van der Waals surface area contributed by atoms with Crippen LogP contribution in [0.25, 0.3) is 11.2 Å². The predicted octanol–water partition coefficient (Wildman–Crippen LogP) is 3.65. The standard InChI is InChI=1S/C28H22Cl2N8O3/c29-19-6-7-22(38-15-25(30)33-34-38)23(13-19)35-16-27(40)36(17-26(35)39)24(12-18-4-2-1-3-5-18)28(41)32-20-9-11-37-21(14-20)8-10-31-37/h1-11,13-15,24H,12,16-17H2,(H,32,41). The Morgan fingerprint density at radius 3 is 2.56 bits per heavy atom. The molecule has 2 aromatic carbocycles. The maximum atomic E-state index is 13.7. The van der Waals surface area contributed by atoms with Crippen molar-refractivity contribution in [1.29, 1.82) is 0 Å². The average molecular weight is 589 g/mol. The highest BCUT2D eigenvalue weighted by Crippen LogP contribution is 2.30. The fourth-order valence-electron chi connectivity index (χ4n) is 4.81. The summed E-state index contributed by atoms with van der Waals surface area (Å²) >= 11 is 12.2. The lowest BCUT2D eigenvalue weighted by molar-refractivity contribution is -0.143. The van der Waals surface area contributed by atoms with Gasteiger partial charge in [-0.2, -0.15) is 5.10 Å². The fraction of sp³-hybridized carbons (Fsp3) is 0.143. The summed E-state index contributed by atoms with van der Waals surface area (Å²) in [5.41, 5.74) is 3.04. The number of nitrogens with one attached hydrogen (secondary N) is 1. The van der Waals surface area contributed by atoms with Gasteiger partial charge in [0, 0.05) is 29.5 Å². The first-order valence-corrected chi connectivity index (χ1v) is 13.4. The van der Waals surface area contributed by atoms with E-state index in [1.807, 2.05) is 36.4 Å². The normalized spacial score (nSPS) is 14.5. The quantitative estimate of drug-likeness (QED) is 0.310. The van der Waals surface area contributed by atoms with Gasteiger partial charge >= 0.3 is 0 Å². The Hall–Kier alpha value is -4.74. The number of pyridine rings is 1. The molecule has 1 fully saturated rings. The van der Waals surface area contributed by atoms with Gasteiger partial charge in [0.2, 0.25) is 17.7 Å². The molecule has 1 saturated heterocycles. The molecule has 5 aromatic rings. The molecule has 4 heterocycles. The third-order valence-electron chi connectivity index (χ3n) is 6.78. The maximum Gasteiger partial charge on any atom is 0.247 e. The zero-order chi connectivity index (χ0) is 28.5. The van der Waals surface area contributed by atoms with Crippen molar-refractivity contribution in [2.45, 2.75) is 12.5 Å². The van der Waals surface area contributed by atoms with Gasteiger partial charge in [-0.15, -0.1) is 5.10 Å². The van der Waals surface area contributed by atoms with Crippen molar-refractivity contribution in [3.63, 3.8) is 0 Å². The van der Waals surface area contributed by atoms with E-state index >= 15 is 0 Å². The lowest BCUT2D eigenvalue weighted by Crippen LogP contribution is -2.60. The molecule has 1 N–H and O–H groups in total. The van der Waals surface area contributed by atoms with Crippen molar-refractivity contribution in [2.24, 2.45) is 0 Å². The average Bonchev–Trinajstić information content (AvgIpc) is 3.62. The van der Waals surface area contributed by atoms with Crippen molar-refractivity contribution in [2.75, 3.05) is 23.3 Å². The first kappa shape index (κ1) is 26.5. The Morgan fingerprint density at radius 1 is 0.951 bits per heavy atom. The van der Waals surface area contributed by atoms with Gasteiger partial charge in [-0.25, -0.2) is 9.20 Å². The molecule has 41 heavy (non-hydrogen) atoms. The highest BCUT2D eigenvalue weighted by atomic mass is 35.5. The Morgan fingerprint density at radius 2 is 1.78 bits per heavy atom. The van der Waals surface area contributed by atoms with Crippen LogP contribution in [-0.4, -0.2) is 66.4 Å². The summed E-state index contributed by atoms with van der Waals surface area (Å²) in [4.78, 5) is 43.6. The van der Waals surface area contributed by atoms with Gasteiger partial charge in [0.05, 0.1) is 23.1 Å². The van der Waals surface area contributed by atoms with Gasteiger partial charge in [0.1, 0.15) is 19.1 Å². The van der Waals surface area contributed by atoms with Crippen molar-refractivity contribution in [3.05, 3.63) is 101 Å². The van der Waals surface area contributed by atoms with Gasteiger partial charge in [-0.05, 0) is 42.0 Å². The summed E-state index contributed by atoms with van der Waals surface area (Å²) in [6.07, 6.45) is 5.10. The Balaban J connectivity index is 1.29. The maximum absolute atomic E-state index is 13.7. The van der Waals surface area contributed by atoms with Gasteiger partial charge in [-0.3, -0.25) is 19.3 Å². The number of benzene rings is 2. The van der Waals surface area contributed by atoms with Crippen LogP contribution in [0.3, 0.4) is 0 Å². The van der Waals surface area contributed by atoms with E-state index in [1.54, 1.807) is 47.2 Å². The number of rotatable bonds is 7. The van der Waals surface area contributed by atoms with Crippen LogP contribution in [0.5, 0.6) is 0 Å². The summed E-state index contributed by atoms with van der Waals surface area (Å²) in [6, 6.07) is 18.6. The minimum absolute atomic E-state index is 0.167. The van der Waals surface area contributed by atoms with Crippen molar-refractivity contribution >= 4 is 57.8 Å². The number of carbonyl (C=O) groups is 3. The fourth-order valence-corrected chi connectivity index (χ4v) is 5.10. The van der Waals surface area contributed by atoms with Crippen LogP contribution in [0.1, 0.15) is 5.56 Å². The molecule has 0 aliphatic carbocycles. The van der Waals surface area contributed by atoms with E-state index in [9.17, 15) is 14.4 Å². The van der Waals surface area contributed by atoms with Crippen molar-refractivity contribution in [3.8, 4) is 5.69 Å². The molecule has 6 rings (SSSR count). The predicted molar refractivity (Wildman–Crippen MR) is 153 cm³/mol. The number of aromatic nitrogens is 5. The molecule has 13 heteroatoms. The first-order valence-electron chi connectivity index (χ1n) is 12.6. The van der Waals surface area contributed by atoms with Gasteiger partial charge in [0.25, 0.3) is 0 Å². The molecule has 206 valence electrons. The van der Waals surface area contributed by atoms with E-state index in [0.29, 0.717) is 22.1 Å². The third kappa shape index (κ3) is 5.49. The van der Waals surface area contributed by atoms with Crippen molar-refractivity contribution < 1.29 is 14.4 Å². The van der Waals surface area contributed by atoms with Gasteiger partial charge in [0.15, 0.2) is 5.15 Å². The number of piperazine rings is 1. The van der Waals surface area contributed by atoms with Crippen LogP contribution in [0.2, 0.25) is 10.2 Å². The molecule has 1 atom stereocenters. The van der Waals surface area contributed by atoms with E-state index in [2.05, 4.69) is 20.7 Å². The third-order valence-corrected chi connectivity index (χ3v) is 7.19. The zero-order valence-electron chi connectivity index (χ0n) is 21.4. The van der Waals surface area contributed by atoms with Crippen LogP contribution in [0, 0.1) is 0 Å².